The van der Waals surface area contributed by atoms with Gasteiger partial charge in [0.25, 0.3) is 0 Å². The molecule has 0 aliphatic carbocycles. The minimum absolute atomic E-state index is 0.130. The first-order chi connectivity index (χ1) is 10.1. The Morgan fingerprint density at radius 1 is 1.29 bits per heavy atom. The molecule has 0 bridgehead atoms. The van der Waals surface area contributed by atoms with Gasteiger partial charge in [-0.1, -0.05) is 41.7 Å². The molecule has 106 valence electrons. The Bertz CT molecular complexity index is 776. The van der Waals surface area contributed by atoms with E-state index in [2.05, 4.69) is 15.3 Å². The van der Waals surface area contributed by atoms with Crippen molar-refractivity contribution in [1.82, 2.24) is 14.5 Å². The summed E-state index contributed by atoms with van der Waals surface area (Å²) in [6.07, 6.45) is 3.64. The highest BCUT2D eigenvalue weighted by molar-refractivity contribution is 7.19. The van der Waals surface area contributed by atoms with Crippen molar-refractivity contribution in [1.29, 1.82) is 0 Å². The molecule has 2 heterocycles. The number of thiazole rings is 1. The quantitative estimate of drug-likeness (QED) is 0.808. The van der Waals surface area contributed by atoms with Gasteiger partial charge in [0.05, 0.1) is 10.6 Å². The monoisotopic (exact) mass is 298 g/mol. The molecule has 0 atom stereocenters. The number of carbonyl (C=O) groups is 1. The molecule has 0 fully saturated rings. The van der Waals surface area contributed by atoms with E-state index in [1.54, 1.807) is 6.20 Å². The molecule has 0 radical (unpaired) electrons. The molecule has 21 heavy (non-hydrogen) atoms. The number of carbonyl (C=O) groups excluding carboxylic acids is 1. The van der Waals surface area contributed by atoms with Gasteiger partial charge in [0.1, 0.15) is 0 Å². The number of aryl methyl sites for hydroxylation is 1. The van der Waals surface area contributed by atoms with Gasteiger partial charge in [-0.15, -0.1) is 0 Å². The molecule has 0 saturated heterocycles. The van der Waals surface area contributed by atoms with E-state index in [1.807, 2.05) is 48.1 Å². The Hall–Kier alpha value is -2.47. The lowest BCUT2D eigenvalue weighted by atomic mass is 10.1. The summed E-state index contributed by atoms with van der Waals surface area (Å²) in [5.41, 5.74) is 1.84. The van der Waals surface area contributed by atoms with Gasteiger partial charge in [0.15, 0.2) is 11.0 Å². The van der Waals surface area contributed by atoms with Crippen molar-refractivity contribution in [3.63, 3.8) is 0 Å². The molecule has 1 aromatic carbocycles. The molecule has 2 aromatic heterocycles. The van der Waals surface area contributed by atoms with Gasteiger partial charge in [0, 0.05) is 31.9 Å². The second-order valence-electron chi connectivity index (χ2n) is 4.61. The minimum Gasteiger partial charge on any atom is -0.333 e. The summed E-state index contributed by atoms with van der Waals surface area (Å²) in [6.45, 7) is 1.48. The molecule has 3 aromatic rings. The van der Waals surface area contributed by atoms with Crippen molar-refractivity contribution in [2.45, 2.75) is 6.92 Å². The number of hydrogen-bond donors (Lipinski definition) is 1. The highest BCUT2D eigenvalue weighted by Crippen LogP contribution is 2.37. The standard InChI is InChI=1S/C15H14N4OS/c1-10(20)17-15-18-12(11-6-4-3-5-7-11)13(21-15)14-16-8-9-19(14)2/h3-9H,1-2H3,(H,17,18,20). The molecule has 3 rings (SSSR count). The molecule has 0 aliphatic heterocycles. The largest absolute Gasteiger partial charge is 0.333 e. The van der Waals surface area contributed by atoms with Crippen LogP contribution in [0.5, 0.6) is 0 Å². The number of aromatic nitrogens is 3. The van der Waals surface area contributed by atoms with E-state index in [0.29, 0.717) is 5.13 Å². The number of imidazole rings is 1. The van der Waals surface area contributed by atoms with Gasteiger partial charge in [-0.2, -0.15) is 0 Å². The van der Waals surface area contributed by atoms with Crippen molar-refractivity contribution in [2.24, 2.45) is 7.05 Å². The third-order valence-electron chi connectivity index (χ3n) is 2.98. The van der Waals surface area contributed by atoms with Crippen LogP contribution in [0.15, 0.2) is 42.7 Å². The van der Waals surface area contributed by atoms with Gasteiger partial charge >= 0.3 is 0 Å². The predicted molar refractivity (Wildman–Crippen MR) is 84.1 cm³/mol. The molecular formula is C15H14N4OS. The van der Waals surface area contributed by atoms with E-state index in [1.165, 1.54) is 18.3 Å². The van der Waals surface area contributed by atoms with Crippen molar-refractivity contribution in [3.8, 4) is 22.0 Å². The van der Waals surface area contributed by atoms with Crippen molar-refractivity contribution >= 4 is 22.4 Å². The van der Waals surface area contributed by atoms with Crippen LogP contribution in [-0.2, 0) is 11.8 Å². The van der Waals surface area contributed by atoms with E-state index >= 15 is 0 Å². The SMILES string of the molecule is CC(=O)Nc1nc(-c2ccccc2)c(-c2nccn2C)s1. The summed E-state index contributed by atoms with van der Waals surface area (Å²) in [5, 5.41) is 3.33. The number of amides is 1. The van der Waals surface area contributed by atoms with Gasteiger partial charge in [0.2, 0.25) is 5.91 Å². The Labute approximate surface area is 126 Å². The van der Waals surface area contributed by atoms with Crippen LogP contribution in [0.4, 0.5) is 5.13 Å². The highest BCUT2D eigenvalue weighted by Gasteiger charge is 2.18. The third kappa shape index (κ3) is 2.71. The lowest BCUT2D eigenvalue weighted by Gasteiger charge is -2.02. The summed E-state index contributed by atoms with van der Waals surface area (Å²) >= 11 is 1.43. The Balaban J connectivity index is 2.15. The van der Waals surface area contributed by atoms with Crippen LogP contribution < -0.4 is 5.32 Å². The van der Waals surface area contributed by atoms with Gasteiger partial charge in [-0.05, 0) is 0 Å². The number of nitrogens with one attached hydrogen (secondary N) is 1. The fraction of sp³-hybridized carbons (Fsp3) is 0.133. The zero-order valence-electron chi connectivity index (χ0n) is 11.7. The minimum atomic E-state index is -0.130. The van der Waals surface area contributed by atoms with Crippen molar-refractivity contribution in [2.75, 3.05) is 5.32 Å². The summed E-state index contributed by atoms with van der Waals surface area (Å²) in [4.78, 5) is 21.1. The van der Waals surface area contributed by atoms with E-state index in [0.717, 1.165) is 22.0 Å². The fourth-order valence-corrected chi connectivity index (χ4v) is 3.13. The maximum absolute atomic E-state index is 11.3. The molecule has 0 saturated carbocycles. The zero-order valence-corrected chi connectivity index (χ0v) is 12.5. The Kier molecular flexibility index (Phi) is 3.53. The van der Waals surface area contributed by atoms with E-state index < -0.39 is 0 Å². The summed E-state index contributed by atoms with van der Waals surface area (Å²) in [7, 11) is 1.94. The van der Waals surface area contributed by atoms with E-state index in [9.17, 15) is 4.79 Å². The van der Waals surface area contributed by atoms with Crippen LogP contribution in [0, 0.1) is 0 Å². The first-order valence-corrected chi connectivity index (χ1v) is 7.28. The lowest BCUT2D eigenvalue weighted by molar-refractivity contribution is -0.114. The number of rotatable bonds is 3. The Morgan fingerprint density at radius 2 is 2.05 bits per heavy atom. The molecule has 1 N–H and O–H groups in total. The third-order valence-corrected chi connectivity index (χ3v) is 3.95. The average Bonchev–Trinajstić information content (AvgIpc) is 3.05. The molecule has 0 spiro atoms. The first-order valence-electron chi connectivity index (χ1n) is 6.46. The Morgan fingerprint density at radius 3 is 2.67 bits per heavy atom. The maximum atomic E-state index is 11.3. The predicted octanol–water partition coefficient (Wildman–Crippen LogP) is 3.17. The number of hydrogen-bond acceptors (Lipinski definition) is 4. The number of nitrogens with zero attached hydrogens (tertiary/aromatic N) is 3. The highest BCUT2D eigenvalue weighted by atomic mass is 32.1. The second-order valence-corrected chi connectivity index (χ2v) is 5.60. The van der Waals surface area contributed by atoms with E-state index in [-0.39, 0.29) is 5.91 Å². The van der Waals surface area contributed by atoms with Crippen LogP contribution in [0.1, 0.15) is 6.92 Å². The number of anilines is 1. The van der Waals surface area contributed by atoms with Crippen LogP contribution in [-0.4, -0.2) is 20.4 Å². The first kappa shape index (κ1) is 13.5. The van der Waals surface area contributed by atoms with Crippen molar-refractivity contribution in [3.05, 3.63) is 42.7 Å². The molecule has 0 aliphatic rings. The van der Waals surface area contributed by atoms with Crippen LogP contribution in [0.3, 0.4) is 0 Å². The van der Waals surface area contributed by atoms with Gasteiger partial charge < -0.3 is 9.88 Å². The molecule has 5 nitrogen and oxygen atoms in total. The molecule has 1 amide bonds. The van der Waals surface area contributed by atoms with E-state index in [4.69, 9.17) is 0 Å². The number of benzene rings is 1. The summed E-state index contributed by atoms with van der Waals surface area (Å²) < 4.78 is 1.94. The molecule has 0 unspecified atom stereocenters. The van der Waals surface area contributed by atoms with Gasteiger partial charge in [-0.25, -0.2) is 9.97 Å². The normalized spacial score (nSPS) is 10.6. The zero-order chi connectivity index (χ0) is 14.8. The second kappa shape index (κ2) is 5.49. The topological polar surface area (TPSA) is 59.8 Å². The lowest BCUT2D eigenvalue weighted by Crippen LogP contribution is -2.04. The average molecular weight is 298 g/mol. The summed E-state index contributed by atoms with van der Waals surface area (Å²) in [5.74, 6) is 0.706. The summed E-state index contributed by atoms with van der Waals surface area (Å²) in [6, 6.07) is 9.90. The van der Waals surface area contributed by atoms with Crippen LogP contribution in [0.2, 0.25) is 0 Å². The van der Waals surface area contributed by atoms with Crippen LogP contribution in [0.25, 0.3) is 22.0 Å². The van der Waals surface area contributed by atoms with Gasteiger partial charge in [-0.3, -0.25) is 4.79 Å². The fourth-order valence-electron chi connectivity index (χ4n) is 2.05. The maximum Gasteiger partial charge on any atom is 0.223 e. The van der Waals surface area contributed by atoms with Crippen molar-refractivity contribution < 1.29 is 4.79 Å². The smallest absolute Gasteiger partial charge is 0.223 e. The molecule has 6 heteroatoms. The molecular weight excluding hydrogens is 284 g/mol. The van der Waals surface area contributed by atoms with Crippen LogP contribution >= 0.6 is 11.3 Å².